The number of hydrogen-bond donors (Lipinski definition) is 1. The number of rotatable bonds is 4. The Morgan fingerprint density at radius 1 is 1.14 bits per heavy atom. The quantitative estimate of drug-likeness (QED) is 0.927. The molecule has 3 nitrogen and oxygen atoms in total. The first-order chi connectivity index (χ1) is 9.95. The maximum Gasteiger partial charge on any atom is 0.265 e. The average Bonchev–Trinajstić information content (AvgIpc) is 2.40. The maximum absolute atomic E-state index is 13.5. The first kappa shape index (κ1) is 15.0. The van der Waals surface area contributed by atoms with Crippen molar-refractivity contribution in [2.45, 2.75) is 26.9 Å². The fraction of sp³-hybridized carbons (Fsp3) is 0.235. The van der Waals surface area contributed by atoms with Gasteiger partial charge in [0.2, 0.25) is 0 Å². The summed E-state index contributed by atoms with van der Waals surface area (Å²) in [4.78, 5) is 12.0. The van der Waals surface area contributed by atoms with E-state index < -0.39 is 11.9 Å². The number of carbonyl (C=O) groups is 1. The van der Waals surface area contributed by atoms with Crippen LogP contribution in [0.1, 0.15) is 18.1 Å². The molecule has 2 rings (SSSR count). The second-order valence-electron chi connectivity index (χ2n) is 5.05. The summed E-state index contributed by atoms with van der Waals surface area (Å²) in [5.41, 5.74) is 2.27. The van der Waals surface area contributed by atoms with Gasteiger partial charge in [-0.3, -0.25) is 4.79 Å². The highest BCUT2D eigenvalue weighted by Crippen LogP contribution is 2.18. The van der Waals surface area contributed by atoms with Gasteiger partial charge < -0.3 is 10.1 Å². The van der Waals surface area contributed by atoms with Crippen molar-refractivity contribution in [3.8, 4) is 5.75 Å². The van der Waals surface area contributed by atoms with E-state index in [9.17, 15) is 9.18 Å². The van der Waals surface area contributed by atoms with Crippen molar-refractivity contribution in [3.63, 3.8) is 0 Å². The van der Waals surface area contributed by atoms with Crippen LogP contribution >= 0.6 is 0 Å². The third-order valence-corrected chi connectivity index (χ3v) is 3.01. The summed E-state index contributed by atoms with van der Waals surface area (Å²) in [6, 6.07) is 11.8. The minimum absolute atomic E-state index is 0.151. The molecule has 0 aliphatic rings. The molecule has 1 atom stereocenters. The van der Waals surface area contributed by atoms with Crippen LogP contribution in [0.2, 0.25) is 0 Å². The first-order valence-electron chi connectivity index (χ1n) is 6.76. The van der Waals surface area contributed by atoms with Crippen LogP contribution in [0, 0.1) is 19.7 Å². The van der Waals surface area contributed by atoms with Crippen molar-refractivity contribution in [1.82, 2.24) is 0 Å². The van der Waals surface area contributed by atoms with Gasteiger partial charge in [-0.15, -0.1) is 0 Å². The van der Waals surface area contributed by atoms with Gasteiger partial charge in [0.05, 0.1) is 5.69 Å². The molecule has 2 aromatic rings. The van der Waals surface area contributed by atoms with Gasteiger partial charge in [-0.05, 0) is 56.2 Å². The average molecular weight is 287 g/mol. The SMILES string of the molecule is Cc1cc(C)cc(O[C@@H](C)C(=O)Nc2ccccc2F)c1. The highest BCUT2D eigenvalue weighted by molar-refractivity contribution is 5.94. The lowest BCUT2D eigenvalue weighted by molar-refractivity contribution is -0.122. The first-order valence-corrected chi connectivity index (χ1v) is 6.76. The third-order valence-electron chi connectivity index (χ3n) is 3.01. The Morgan fingerprint density at radius 3 is 2.38 bits per heavy atom. The maximum atomic E-state index is 13.5. The number of aryl methyl sites for hydroxylation is 2. The number of anilines is 1. The number of amides is 1. The fourth-order valence-electron chi connectivity index (χ4n) is 2.06. The van der Waals surface area contributed by atoms with Gasteiger partial charge in [0.25, 0.3) is 5.91 Å². The predicted molar refractivity (Wildman–Crippen MR) is 81.0 cm³/mol. The van der Waals surface area contributed by atoms with E-state index in [2.05, 4.69) is 5.32 Å². The summed E-state index contributed by atoms with van der Waals surface area (Å²) in [6.45, 7) is 5.56. The van der Waals surface area contributed by atoms with Crippen LogP contribution in [0.3, 0.4) is 0 Å². The van der Waals surface area contributed by atoms with Crippen LogP contribution in [0.25, 0.3) is 0 Å². The molecular formula is C17H18FNO2. The summed E-state index contributed by atoms with van der Waals surface area (Å²) in [6.07, 6.45) is -0.717. The summed E-state index contributed by atoms with van der Waals surface area (Å²) in [5, 5.41) is 2.52. The van der Waals surface area contributed by atoms with Gasteiger partial charge in [-0.25, -0.2) is 4.39 Å². The zero-order valence-electron chi connectivity index (χ0n) is 12.3. The topological polar surface area (TPSA) is 38.3 Å². The Balaban J connectivity index is 2.04. The molecule has 0 saturated heterocycles. The van der Waals surface area contributed by atoms with Gasteiger partial charge >= 0.3 is 0 Å². The molecule has 0 unspecified atom stereocenters. The Labute approximate surface area is 123 Å². The molecule has 4 heteroatoms. The number of benzene rings is 2. The van der Waals surface area contributed by atoms with E-state index in [-0.39, 0.29) is 11.6 Å². The van der Waals surface area contributed by atoms with Crippen LogP contribution < -0.4 is 10.1 Å². The molecule has 21 heavy (non-hydrogen) atoms. The van der Waals surface area contributed by atoms with Gasteiger partial charge in [0.1, 0.15) is 11.6 Å². The molecule has 0 fully saturated rings. The van der Waals surface area contributed by atoms with E-state index in [0.717, 1.165) is 11.1 Å². The molecule has 0 aromatic heterocycles. The highest BCUT2D eigenvalue weighted by atomic mass is 19.1. The van der Waals surface area contributed by atoms with Gasteiger partial charge in [-0.2, -0.15) is 0 Å². The van der Waals surface area contributed by atoms with E-state index in [0.29, 0.717) is 5.75 Å². The minimum Gasteiger partial charge on any atom is -0.481 e. The molecule has 110 valence electrons. The summed E-state index contributed by atoms with van der Waals surface area (Å²) in [5.74, 6) is -0.229. The van der Waals surface area contributed by atoms with Crippen molar-refractivity contribution in [1.29, 1.82) is 0 Å². The van der Waals surface area contributed by atoms with Crippen molar-refractivity contribution < 1.29 is 13.9 Å². The number of ether oxygens (including phenoxy) is 1. The molecule has 0 radical (unpaired) electrons. The molecule has 0 bridgehead atoms. The summed E-state index contributed by atoms with van der Waals surface area (Å²) in [7, 11) is 0. The fourth-order valence-corrected chi connectivity index (χ4v) is 2.06. The number of halogens is 1. The molecule has 0 saturated carbocycles. The predicted octanol–water partition coefficient (Wildman–Crippen LogP) is 3.85. The van der Waals surface area contributed by atoms with Gasteiger partial charge in [0, 0.05) is 0 Å². The van der Waals surface area contributed by atoms with Crippen molar-refractivity contribution in [2.24, 2.45) is 0 Å². The van der Waals surface area contributed by atoms with Crippen LogP contribution in [-0.4, -0.2) is 12.0 Å². The van der Waals surface area contributed by atoms with E-state index >= 15 is 0 Å². The molecule has 0 aliphatic heterocycles. The van der Waals surface area contributed by atoms with Crippen molar-refractivity contribution >= 4 is 11.6 Å². The lowest BCUT2D eigenvalue weighted by atomic mass is 10.1. The standard InChI is InChI=1S/C17H18FNO2/c1-11-8-12(2)10-14(9-11)21-13(3)17(20)19-16-7-5-4-6-15(16)18/h4-10,13H,1-3H3,(H,19,20)/t13-/m0/s1. The zero-order chi connectivity index (χ0) is 15.4. The van der Waals surface area contributed by atoms with Crippen LogP contribution in [0.15, 0.2) is 42.5 Å². The molecular weight excluding hydrogens is 269 g/mol. The molecule has 1 N–H and O–H groups in total. The Bertz CT molecular complexity index is 635. The second-order valence-corrected chi connectivity index (χ2v) is 5.05. The number of hydrogen-bond acceptors (Lipinski definition) is 2. The van der Waals surface area contributed by atoms with E-state index in [1.807, 2.05) is 32.0 Å². The third kappa shape index (κ3) is 4.05. The highest BCUT2D eigenvalue weighted by Gasteiger charge is 2.16. The molecule has 0 aliphatic carbocycles. The van der Waals surface area contributed by atoms with Crippen LogP contribution in [-0.2, 0) is 4.79 Å². The lowest BCUT2D eigenvalue weighted by Gasteiger charge is -2.16. The van der Waals surface area contributed by atoms with Crippen LogP contribution in [0.4, 0.5) is 10.1 Å². The summed E-state index contributed by atoms with van der Waals surface area (Å²) < 4.78 is 19.1. The van der Waals surface area contributed by atoms with Gasteiger partial charge in [0.15, 0.2) is 6.10 Å². The zero-order valence-corrected chi connectivity index (χ0v) is 12.3. The van der Waals surface area contributed by atoms with Crippen molar-refractivity contribution in [2.75, 3.05) is 5.32 Å². The summed E-state index contributed by atoms with van der Waals surface area (Å²) >= 11 is 0. The van der Waals surface area contributed by atoms with E-state index in [4.69, 9.17) is 4.74 Å². The number of para-hydroxylation sites is 1. The second kappa shape index (κ2) is 6.39. The monoisotopic (exact) mass is 287 g/mol. The van der Waals surface area contributed by atoms with E-state index in [1.165, 1.54) is 12.1 Å². The number of nitrogens with one attached hydrogen (secondary N) is 1. The Kier molecular flexibility index (Phi) is 4.58. The lowest BCUT2D eigenvalue weighted by Crippen LogP contribution is -2.30. The molecule has 1 amide bonds. The Hall–Kier alpha value is -2.36. The normalized spacial score (nSPS) is 11.8. The number of carbonyl (C=O) groups excluding carboxylic acids is 1. The van der Waals surface area contributed by atoms with Gasteiger partial charge in [-0.1, -0.05) is 18.2 Å². The van der Waals surface area contributed by atoms with Crippen molar-refractivity contribution in [3.05, 3.63) is 59.4 Å². The molecule has 0 spiro atoms. The largest absolute Gasteiger partial charge is 0.481 e. The molecule has 2 aromatic carbocycles. The minimum atomic E-state index is -0.717. The van der Waals surface area contributed by atoms with E-state index in [1.54, 1.807) is 19.1 Å². The smallest absolute Gasteiger partial charge is 0.265 e. The Morgan fingerprint density at radius 2 is 1.76 bits per heavy atom. The van der Waals surface area contributed by atoms with Crippen LogP contribution in [0.5, 0.6) is 5.75 Å². The molecule has 0 heterocycles.